The third kappa shape index (κ3) is 4.02. The molecule has 0 aliphatic carbocycles. The molecule has 5 rings (SSSR count). The lowest BCUT2D eigenvalue weighted by Gasteiger charge is -2.20. The molecule has 0 spiro atoms. The number of halogens is 1. The number of hydrogen-bond acceptors (Lipinski definition) is 4. The molecule has 1 aliphatic rings. The van der Waals surface area contributed by atoms with E-state index in [1.165, 1.54) is 24.3 Å². The zero-order chi connectivity index (χ0) is 23.7. The minimum Gasteiger partial charge on any atom is -0.457 e. The number of rotatable bonds is 5. The second-order valence-corrected chi connectivity index (χ2v) is 7.62. The minimum atomic E-state index is -0.461. The van der Waals surface area contributed by atoms with Gasteiger partial charge in [-0.2, -0.15) is 0 Å². The number of nitrogens with zero attached hydrogens (tertiary/aromatic N) is 2. The van der Waals surface area contributed by atoms with Crippen LogP contribution >= 0.6 is 0 Å². The average Bonchev–Trinajstić information content (AvgIpc) is 3.45. The van der Waals surface area contributed by atoms with Gasteiger partial charge in [-0.05, 0) is 66.2 Å². The van der Waals surface area contributed by atoms with Gasteiger partial charge in [0.15, 0.2) is 0 Å². The van der Waals surface area contributed by atoms with Crippen molar-refractivity contribution in [1.82, 2.24) is 0 Å². The zero-order valence-electron chi connectivity index (χ0n) is 17.7. The molecule has 2 heterocycles. The first-order valence-corrected chi connectivity index (χ1v) is 10.4. The predicted molar refractivity (Wildman–Crippen MR) is 127 cm³/mol. The third-order valence-corrected chi connectivity index (χ3v) is 5.42. The highest BCUT2D eigenvalue weighted by atomic mass is 19.1. The molecule has 6 nitrogen and oxygen atoms in total. The van der Waals surface area contributed by atoms with Crippen molar-refractivity contribution in [2.24, 2.45) is 0 Å². The molecule has 1 amide bonds. The molecule has 0 bridgehead atoms. The molecule has 166 valence electrons. The van der Waals surface area contributed by atoms with Crippen molar-refractivity contribution in [3.8, 4) is 11.3 Å². The summed E-state index contributed by atoms with van der Waals surface area (Å²) in [7, 11) is 0. The van der Waals surface area contributed by atoms with Gasteiger partial charge < -0.3 is 4.42 Å². The summed E-state index contributed by atoms with van der Waals surface area (Å²) in [6.07, 6.45) is 3.42. The molecule has 0 saturated carbocycles. The Morgan fingerprint density at radius 3 is 2.24 bits per heavy atom. The average molecular weight is 452 g/mol. The maximum Gasteiger partial charge on any atom is 0.269 e. The minimum absolute atomic E-state index is 0.00587. The van der Waals surface area contributed by atoms with Crippen LogP contribution in [0.25, 0.3) is 23.1 Å². The molecule has 0 N–H and O–H groups in total. The Balaban J connectivity index is 1.50. The highest BCUT2D eigenvalue weighted by Gasteiger charge is 2.30. The molecule has 0 saturated heterocycles. The number of carbonyl (C=O) groups excluding carboxylic acids is 1. The SMILES string of the molecule is O=C1/C(=C/c2ccc(-c3ccc([N+](=O)[O-])cc3)o2)C=C(c2ccccc2)N1c1ccc(F)cc1. The molecular formula is C27H17FN2O4. The number of hydrogen-bond donors (Lipinski definition) is 0. The lowest BCUT2D eigenvalue weighted by atomic mass is 10.1. The first-order chi connectivity index (χ1) is 16.5. The number of nitro benzene ring substituents is 1. The van der Waals surface area contributed by atoms with Crippen LogP contribution in [0.15, 0.2) is 107 Å². The third-order valence-electron chi connectivity index (χ3n) is 5.42. The molecule has 1 aromatic heterocycles. The molecule has 0 radical (unpaired) electrons. The maximum atomic E-state index is 13.5. The van der Waals surface area contributed by atoms with Gasteiger partial charge in [0.25, 0.3) is 11.6 Å². The molecule has 4 aromatic rings. The number of amides is 1. The van der Waals surface area contributed by atoms with Crippen LogP contribution in [0.2, 0.25) is 0 Å². The van der Waals surface area contributed by atoms with Gasteiger partial charge in [0, 0.05) is 29.0 Å². The van der Waals surface area contributed by atoms with E-state index in [4.69, 9.17) is 4.42 Å². The zero-order valence-corrected chi connectivity index (χ0v) is 17.7. The van der Waals surface area contributed by atoms with Gasteiger partial charge in [-0.25, -0.2) is 4.39 Å². The molecule has 34 heavy (non-hydrogen) atoms. The van der Waals surface area contributed by atoms with Crippen LogP contribution in [0.3, 0.4) is 0 Å². The maximum absolute atomic E-state index is 13.5. The summed E-state index contributed by atoms with van der Waals surface area (Å²) in [6.45, 7) is 0. The van der Waals surface area contributed by atoms with E-state index in [0.29, 0.717) is 34.0 Å². The smallest absolute Gasteiger partial charge is 0.269 e. The van der Waals surface area contributed by atoms with Gasteiger partial charge in [-0.3, -0.25) is 19.8 Å². The fourth-order valence-corrected chi connectivity index (χ4v) is 3.77. The van der Waals surface area contributed by atoms with E-state index in [-0.39, 0.29) is 17.4 Å². The summed E-state index contributed by atoms with van der Waals surface area (Å²) in [5.74, 6) is 0.334. The fraction of sp³-hybridized carbons (Fsp3) is 0. The lowest BCUT2D eigenvalue weighted by molar-refractivity contribution is -0.384. The first kappa shape index (κ1) is 21.1. The van der Waals surface area contributed by atoms with Gasteiger partial charge in [0.1, 0.15) is 17.3 Å². The largest absolute Gasteiger partial charge is 0.457 e. The van der Waals surface area contributed by atoms with Crippen molar-refractivity contribution in [1.29, 1.82) is 0 Å². The topological polar surface area (TPSA) is 76.6 Å². The van der Waals surface area contributed by atoms with Crippen LogP contribution in [-0.2, 0) is 4.79 Å². The summed E-state index contributed by atoms with van der Waals surface area (Å²) in [4.78, 5) is 25.3. The van der Waals surface area contributed by atoms with Gasteiger partial charge in [0.2, 0.25) is 0 Å². The van der Waals surface area contributed by atoms with Crippen molar-refractivity contribution < 1.29 is 18.5 Å². The van der Waals surface area contributed by atoms with Crippen molar-refractivity contribution in [2.75, 3.05) is 4.90 Å². The lowest BCUT2D eigenvalue weighted by Crippen LogP contribution is -2.24. The second kappa shape index (κ2) is 8.63. The van der Waals surface area contributed by atoms with Crippen molar-refractivity contribution in [3.05, 3.63) is 130 Å². The number of non-ortho nitro benzene ring substituents is 1. The van der Waals surface area contributed by atoms with E-state index in [2.05, 4.69) is 0 Å². The number of furan rings is 1. The summed E-state index contributed by atoms with van der Waals surface area (Å²) >= 11 is 0. The van der Waals surface area contributed by atoms with Crippen LogP contribution in [-0.4, -0.2) is 10.8 Å². The summed E-state index contributed by atoms with van der Waals surface area (Å²) < 4.78 is 19.4. The monoisotopic (exact) mass is 452 g/mol. The molecule has 3 aromatic carbocycles. The van der Waals surface area contributed by atoms with Crippen molar-refractivity contribution in [3.63, 3.8) is 0 Å². The van der Waals surface area contributed by atoms with E-state index in [0.717, 1.165) is 5.56 Å². The molecule has 0 atom stereocenters. The predicted octanol–water partition coefficient (Wildman–Crippen LogP) is 6.47. The Bertz CT molecular complexity index is 1440. The van der Waals surface area contributed by atoms with E-state index in [1.54, 1.807) is 53.5 Å². The van der Waals surface area contributed by atoms with Crippen LogP contribution in [0.5, 0.6) is 0 Å². The molecule has 0 unspecified atom stereocenters. The van der Waals surface area contributed by atoms with E-state index >= 15 is 0 Å². The van der Waals surface area contributed by atoms with Crippen LogP contribution < -0.4 is 4.90 Å². The summed E-state index contributed by atoms with van der Waals surface area (Å²) in [5.41, 5.74) is 3.15. The first-order valence-electron chi connectivity index (χ1n) is 10.4. The van der Waals surface area contributed by atoms with Crippen molar-refractivity contribution >= 4 is 29.1 Å². The Morgan fingerprint density at radius 1 is 0.853 bits per heavy atom. The molecule has 7 heteroatoms. The van der Waals surface area contributed by atoms with Gasteiger partial charge in [-0.1, -0.05) is 30.3 Å². The summed E-state index contributed by atoms with van der Waals surface area (Å²) in [5, 5.41) is 10.9. The Labute approximate surface area is 194 Å². The van der Waals surface area contributed by atoms with Gasteiger partial charge in [-0.15, -0.1) is 0 Å². The van der Waals surface area contributed by atoms with E-state index in [1.807, 2.05) is 30.3 Å². The second-order valence-electron chi connectivity index (χ2n) is 7.62. The van der Waals surface area contributed by atoms with Crippen LogP contribution in [0.4, 0.5) is 15.8 Å². The quantitative estimate of drug-likeness (QED) is 0.198. The molecule has 1 aliphatic heterocycles. The number of anilines is 1. The Morgan fingerprint density at radius 2 is 1.56 bits per heavy atom. The van der Waals surface area contributed by atoms with Gasteiger partial charge >= 0.3 is 0 Å². The number of carbonyl (C=O) groups is 1. The van der Waals surface area contributed by atoms with E-state index in [9.17, 15) is 19.3 Å². The van der Waals surface area contributed by atoms with Crippen LogP contribution in [0.1, 0.15) is 11.3 Å². The van der Waals surface area contributed by atoms with Crippen molar-refractivity contribution in [2.45, 2.75) is 0 Å². The summed E-state index contributed by atoms with van der Waals surface area (Å²) in [6, 6.07) is 24.7. The highest BCUT2D eigenvalue weighted by molar-refractivity contribution is 6.23. The number of nitro groups is 1. The van der Waals surface area contributed by atoms with Gasteiger partial charge in [0.05, 0.1) is 10.6 Å². The Hall–Kier alpha value is -4.78. The normalized spacial score (nSPS) is 14.5. The standard InChI is InChI=1S/C27H17FN2O4/c28-21-8-12-22(13-9-21)29-25(18-4-2-1-3-5-18)17-20(27(29)31)16-24-14-15-26(34-24)19-6-10-23(11-7-19)30(32)33/h1-17H/b20-16+. The Kier molecular flexibility index (Phi) is 5.35. The highest BCUT2D eigenvalue weighted by Crippen LogP contribution is 2.35. The molecular weight excluding hydrogens is 435 g/mol. The fourth-order valence-electron chi connectivity index (χ4n) is 3.77. The van der Waals surface area contributed by atoms with E-state index < -0.39 is 4.92 Å². The van der Waals surface area contributed by atoms with Crippen LogP contribution in [0, 0.1) is 15.9 Å². The molecule has 0 fully saturated rings. The number of benzene rings is 3.